The van der Waals surface area contributed by atoms with Crippen molar-refractivity contribution in [3.63, 3.8) is 0 Å². The number of aromatic nitrogens is 2. The molecule has 6 heteroatoms. The van der Waals surface area contributed by atoms with Crippen LogP contribution in [0.15, 0.2) is 11.2 Å². The molecule has 1 saturated heterocycles. The Morgan fingerprint density at radius 3 is 2.75 bits per heavy atom. The summed E-state index contributed by atoms with van der Waals surface area (Å²) in [4.78, 5) is 11.4. The standard InChI is InChI=1S/C14H24N4OS/c1-3-6-15-12-9-13(17-14(16-12)20-2)18-7-4-11(10-19)5-8-18/h9,11,19H,3-8,10H2,1-2H3,(H,15,16,17). The van der Waals surface area contributed by atoms with Gasteiger partial charge in [-0.25, -0.2) is 9.97 Å². The maximum absolute atomic E-state index is 9.21. The first kappa shape index (κ1) is 15.4. The van der Waals surface area contributed by atoms with E-state index in [1.54, 1.807) is 11.8 Å². The Bertz CT molecular complexity index is 422. The van der Waals surface area contributed by atoms with Gasteiger partial charge in [-0.2, -0.15) is 0 Å². The van der Waals surface area contributed by atoms with Gasteiger partial charge in [0.05, 0.1) is 0 Å². The van der Waals surface area contributed by atoms with Crippen LogP contribution in [0, 0.1) is 5.92 Å². The van der Waals surface area contributed by atoms with E-state index in [1.165, 1.54) is 0 Å². The molecular formula is C14H24N4OS. The molecule has 0 bridgehead atoms. The van der Waals surface area contributed by atoms with Crippen LogP contribution in [0.1, 0.15) is 26.2 Å². The first-order valence-corrected chi connectivity index (χ1v) is 8.52. The molecule has 1 aromatic rings. The Morgan fingerprint density at radius 2 is 2.15 bits per heavy atom. The molecule has 1 fully saturated rings. The highest BCUT2D eigenvalue weighted by molar-refractivity contribution is 7.98. The van der Waals surface area contributed by atoms with Crippen LogP contribution >= 0.6 is 11.8 Å². The van der Waals surface area contributed by atoms with Gasteiger partial charge in [0.25, 0.3) is 0 Å². The van der Waals surface area contributed by atoms with Gasteiger partial charge in [-0.05, 0) is 31.4 Å². The lowest BCUT2D eigenvalue weighted by Crippen LogP contribution is -2.35. The van der Waals surface area contributed by atoms with Crippen LogP contribution in [0.4, 0.5) is 11.6 Å². The lowest BCUT2D eigenvalue weighted by atomic mass is 9.98. The highest BCUT2D eigenvalue weighted by atomic mass is 32.2. The van der Waals surface area contributed by atoms with Gasteiger partial charge in [-0.1, -0.05) is 18.7 Å². The molecule has 2 rings (SSSR count). The predicted molar refractivity (Wildman–Crippen MR) is 84.6 cm³/mol. The van der Waals surface area contributed by atoms with Gasteiger partial charge in [0.1, 0.15) is 11.6 Å². The number of anilines is 2. The summed E-state index contributed by atoms with van der Waals surface area (Å²) < 4.78 is 0. The van der Waals surface area contributed by atoms with Gasteiger partial charge in [-0.15, -0.1) is 0 Å². The minimum atomic E-state index is 0.303. The van der Waals surface area contributed by atoms with Crippen molar-refractivity contribution in [2.45, 2.75) is 31.3 Å². The van der Waals surface area contributed by atoms with Crippen molar-refractivity contribution in [1.82, 2.24) is 9.97 Å². The predicted octanol–water partition coefficient (Wildman–Crippen LogP) is 2.23. The van der Waals surface area contributed by atoms with Gasteiger partial charge in [0.2, 0.25) is 0 Å². The fourth-order valence-electron chi connectivity index (χ4n) is 2.35. The van der Waals surface area contributed by atoms with Crippen LogP contribution in [-0.2, 0) is 0 Å². The number of piperidine rings is 1. The van der Waals surface area contributed by atoms with E-state index in [2.05, 4.69) is 27.1 Å². The summed E-state index contributed by atoms with van der Waals surface area (Å²) in [6, 6.07) is 2.04. The van der Waals surface area contributed by atoms with Gasteiger partial charge >= 0.3 is 0 Å². The van der Waals surface area contributed by atoms with Crippen LogP contribution in [0.3, 0.4) is 0 Å². The molecule has 1 aliphatic rings. The molecule has 20 heavy (non-hydrogen) atoms. The van der Waals surface area contributed by atoms with E-state index in [4.69, 9.17) is 0 Å². The van der Waals surface area contributed by atoms with Crippen molar-refractivity contribution < 1.29 is 5.11 Å². The number of aliphatic hydroxyl groups is 1. The smallest absolute Gasteiger partial charge is 0.191 e. The van der Waals surface area contributed by atoms with E-state index in [1.807, 2.05) is 12.3 Å². The maximum Gasteiger partial charge on any atom is 0.191 e. The van der Waals surface area contributed by atoms with E-state index in [0.29, 0.717) is 12.5 Å². The topological polar surface area (TPSA) is 61.3 Å². The zero-order valence-corrected chi connectivity index (χ0v) is 13.1. The van der Waals surface area contributed by atoms with Crippen LogP contribution in [-0.4, -0.2) is 47.6 Å². The van der Waals surface area contributed by atoms with Gasteiger partial charge in [0, 0.05) is 32.3 Å². The largest absolute Gasteiger partial charge is 0.396 e. The zero-order chi connectivity index (χ0) is 14.4. The molecule has 1 aromatic heterocycles. The molecule has 0 spiro atoms. The SMILES string of the molecule is CCCNc1cc(N2CCC(CO)CC2)nc(SC)n1. The Morgan fingerprint density at radius 1 is 1.40 bits per heavy atom. The molecule has 0 saturated carbocycles. The van der Waals surface area contributed by atoms with Crippen LogP contribution in [0.2, 0.25) is 0 Å². The van der Waals surface area contributed by atoms with Crippen molar-refractivity contribution in [3.05, 3.63) is 6.07 Å². The normalized spacial score (nSPS) is 16.4. The molecule has 0 aliphatic carbocycles. The van der Waals surface area contributed by atoms with E-state index in [9.17, 15) is 5.11 Å². The average Bonchev–Trinajstić information content (AvgIpc) is 2.52. The number of rotatable bonds is 6. The summed E-state index contributed by atoms with van der Waals surface area (Å²) in [5.41, 5.74) is 0. The molecule has 2 N–H and O–H groups in total. The van der Waals surface area contributed by atoms with Crippen molar-refractivity contribution in [3.8, 4) is 0 Å². The van der Waals surface area contributed by atoms with Crippen molar-refractivity contribution in [2.24, 2.45) is 5.92 Å². The Labute approximate surface area is 125 Å². The van der Waals surface area contributed by atoms with Crippen LogP contribution < -0.4 is 10.2 Å². The fraction of sp³-hybridized carbons (Fsp3) is 0.714. The van der Waals surface area contributed by atoms with Crippen molar-refractivity contribution in [1.29, 1.82) is 0 Å². The third-order valence-electron chi connectivity index (χ3n) is 3.63. The zero-order valence-electron chi connectivity index (χ0n) is 12.3. The molecular weight excluding hydrogens is 272 g/mol. The minimum absolute atomic E-state index is 0.303. The second-order valence-corrected chi connectivity index (χ2v) is 5.91. The number of hydrogen-bond donors (Lipinski definition) is 2. The number of nitrogens with one attached hydrogen (secondary N) is 1. The Hall–Kier alpha value is -1.01. The fourth-order valence-corrected chi connectivity index (χ4v) is 2.73. The monoisotopic (exact) mass is 296 g/mol. The number of aliphatic hydroxyl groups excluding tert-OH is 1. The Kier molecular flexibility index (Phi) is 5.91. The van der Waals surface area contributed by atoms with Crippen LogP contribution in [0.5, 0.6) is 0 Å². The molecule has 0 amide bonds. The molecule has 5 nitrogen and oxygen atoms in total. The second kappa shape index (κ2) is 7.69. The summed E-state index contributed by atoms with van der Waals surface area (Å²) in [5.74, 6) is 2.36. The number of hydrogen-bond acceptors (Lipinski definition) is 6. The molecule has 1 aliphatic heterocycles. The summed E-state index contributed by atoms with van der Waals surface area (Å²) in [6.07, 6.45) is 5.15. The summed E-state index contributed by atoms with van der Waals surface area (Å²) in [5, 5.41) is 13.4. The lowest BCUT2D eigenvalue weighted by molar-refractivity contribution is 0.202. The van der Waals surface area contributed by atoms with Crippen molar-refractivity contribution in [2.75, 3.05) is 42.7 Å². The quantitative estimate of drug-likeness (QED) is 0.620. The van der Waals surface area contributed by atoms with Crippen molar-refractivity contribution >= 4 is 23.4 Å². The maximum atomic E-state index is 9.21. The van der Waals surface area contributed by atoms with Gasteiger partial charge in [-0.3, -0.25) is 0 Å². The molecule has 0 aromatic carbocycles. The van der Waals surface area contributed by atoms with Gasteiger partial charge in [0.15, 0.2) is 5.16 Å². The Balaban J connectivity index is 2.10. The van der Waals surface area contributed by atoms with E-state index in [-0.39, 0.29) is 0 Å². The van der Waals surface area contributed by atoms with E-state index >= 15 is 0 Å². The first-order valence-electron chi connectivity index (χ1n) is 7.29. The lowest BCUT2D eigenvalue weighted by Gasteiger charge is -2.32. The molecule has 0 radical (unpaired) electrons. The third kappa shape index (κ3) is 3.99. The minimum Gasteiger partial charge on any atom is -0.396 e. The summed E-state index contributed by atoms with van der Waals surface area (Å²) in [7, 11) is 0. The third-order valence-corrected chi connectivity index (χ3v) is 4.18. The summed E-state index contributed by atoms with van der Waals surface area (Å²) in [6.45, 7) is 5.30. The second-order valence-electron chi connectivity index (χ2n) is 5.14. The molecule has 0 unspecified atom stereocenters. The highest BCUT2D eigenvalue weighted by Crippen LogP contribution is 2.25. The van der Waals surface area contributed by atoms with Crippen LogP contribution in [0.25, 0.3) is 0 Å². The first-order chi connectivity index (χ1) is 9.76. The number of nitrogens with zero attached hydrogens (tertiary/aromatic N) is 3. The van der Waals surface area contributed by atoms with Gasteiger partial charge < -0.3 is 15.3 Å². The van der Waals surface area contributed by atoms with E-state index < -0.39 is 0 Å². The summed E-state index contributed by atoms with van der Waals surface area (Å²) >= 11 is 1.57. The number of thioether (sulfide) groups is 1. The van der Waals surface area contributed by atoms with E-state index in [0.717, 1.165) is 55.7 Å². The molecule has 2 heterocycles. The molecule has 0 atom stereocenters. The highest BCUT2D eigenvalue weighted by Gasteiger charge is 2.20. The average molecular weight is 296 g/mol. The molecule has 112 valence electrons.